The Morgan fingerprint density at radius 2 is 1.95 bits per heavy atom. The van der Waals surface area contributed by atoms with Gasteiger partial charge in [0.05, 0.1) is 20.6 Å². The van der Waals surface area contributed by atoms with E-state index < -0.39 is 16.6 Å². The van der Waals surface area contributed by atoms with Crippen molar-refractivity contribution >= 4 is 49.1 Å². The van der Waals surface area contributed by atoms with Gasteiger partial charge in [0.15, 0.2) is 0 Å². The van der Waals surface area contributed by atoms with Crippen molar-refractivity contribution in [3.63, 3.8) is 0 Å². The van der Waals surface area contributed by atoms with Crippen molar-refractivity contribution < 1.29 is 14.1 Å². The third-order valence-corrected chi connectivity index (χ3v) is 4.10. The molecule has 0 heterocycles. The molecule has 0 fully saturated rings. The molecule has 1 N–H and O–H groups in total. The molecule has 0 radical (unpaired) electrons. The van der Waals surface area contributed by atoms with Gasteiger partial charge in [0.2, 0.25) is 0 Å². The van der Waals surface area contributed by atoms with Gasteiger partial charge in [-0.1, -0.05) is 6.07 Å². The summed E-state index contributed by atoms with van der Waals surface area (Å²) in [5, 5.41) is 13.2. The highest BCUT2D eigenvalue weighted by molar-refractivity contribution is 9.11. The average molecular weight is 418 g/mol. The topological polar surface area (TPSA) is 72.2 Å². The SMILES string of the molecule is O=C(Nc1cc([N+](=O)[O-])ccc1Br)c1cccc(F)c1Br. The van der Waals surface area contributed by atoms with Gasteiger partial charge < -0.3 is 5.32 Å². The van der Waals surface area contributed by atoms with Crippen LogP contribution in [0.1, 0.15) is 10.4 Å². The van der Waals surface area contributed by atoms with Gasteiger partial charge in [-0.05, 0) is 50.1 Å². The third-order valence-electron chi connectivity index (χ3n) is 2.61. The average Bonchev–Trinajstić information content (AvgIpc) is 2.43. The van der Waals surface area contributed by atoms with E-state index in [1.165, 1.54) is 36.4 Å². The minimum absolute atomic E-state index is 0.0315. The van der Waals surface area contributed by atoms with Crippen LogP contribution in [-0.4, -0.2) is 10.8 Å². The van der Waals surface area contributed by atoms with Gasteiger partial charge >= 0.3 is 0 Å². The van der Waals surface area contributed by atoms with Crippen LogP contribution in [0.25, 0.3) is 0 Å². The van der Waals surface area contributed by atoms with Crippen LogP contribution in [0.3, 0.4) is 0 Å². The summed E-state index contributed by atoms with van der Waals surface area (Å²) < 4.78 is 13.9. The highest BCUT2D eigenvalue weighted by Crippen LogP contribution is 2.28. The largest absolute Gasteiger partial charge is 0.321 e. The Kier molecular flexibility index (Phi) is 4.69. The number of nitrogens with one attached hydrogen (secondary N) is 1. The van der Waals surface area contributed by atoms with Gasteiger partial charge in [0.25, 0.3) is 11.6 Å². The first-order chi connectivity index (χ1) is 9.90. The van der Waals surface area contributed by atoms with Crippen LogP contribution in [0, 0.1) is 15.9 Å². The zero-order valence-corrected chi connectivity index (χ0v) is 13.4. The molecular weight excluding hydrogens is 411 g/mol. The number of carbonyl (C=O) groups is 1. The van der Waals surface area contributed by atoms with Crippen molar-refractivity contribution in [2.45, 2.75) is 0 Å². The van der Waals surface area contributed by atoms with Crippen LogP contribution in [0.4, 0.5) is 15.8 Å². The zero-order valence-electron chi connectivity index (χ0n) is 10.3. The Labute approximate surface area is 135 Å². The maximum atomic E-state index is 13.4. The summed E-state index contributed by atoms with van der Waals surface area (Å²) in [6.07, 6.45) is 0. The highest BCUT2D eigenvalue weighted by Gasteiger charge is 2.16. The summed E-state index contributed by atoms with van der Waals surface area (Å²) in [5.41, 5.74) is 0.158. The maximum Gasteiger partial charge on any atom is 0.271 e. The lowest BCUT2D eigenvalue weighted by atomic mass is 10.2. The van der Waals surface area contributed by atoms with Crippen molar-refractivity contribution in [1.29, 1.82) is 0 Å². The van der Waals surface area contributed by atoms with Gasteiger partial charge in [0.1, 0.15) is 5.82 Å². The highest BCUT2D eigenvalue weighted by atomic mass is 79.9. The number of anilines is 1. The molecule has 0 atom stereocenters. The van der Waals surface area contributed by atoms with E-state index in [1.807, 2.05) is 0 Å². The Morgan fingerprint density at radius 3 is 2.62 bits per heavy atom. The molecule has 2 aromatic carbocycles. The fraction of sp³-hybridized carbons (Fsp3) is 0. The molecule has 0 aromatic heterocycles. The van der Waals surface area contributed by atoms with E-state index in [9.17, 15) is 19.3 Å². The van der Waals surface area contributed by atoms with E-state index in [0.717, 1.165) is 0 Å². The Morgan fingerprint density at radius 1 is 1.24 bits per heavy atom. The van der Waals surface area contributed by atoms with Gasteiger partial charge in [-0.2, -0.15) is 0 Å². The van der Waals surface area contributed by atoms with E-state index in [-0.39, 0.29) is 21.4 Å². The number of rotatable bonds is 3. The summed E-state index contributed by atoms with van der Waals surface area (Å²) in [7, 11) is 0. The Balaban J connectivity index is 2.33. The molecule has 0 aliphatic carbocycles. The zero-order chi connectivity index (χ0) is 15.6. The minimum Gasteiger partial charge on any atom is -0.321 e. The normalized spacial score (nSPS) is 10.2. The minimum atomic E-state index is -0.581. The molecule has 1 amide bonds. The summed E-state index contributed by atoms with van der Waals surface area (Å²) in [5.74, 6) is -1.15. The summed E-state index contributed by atoms with van der Waals surface area (Å²) in [4.78, 5) is 22.3. The van der Waals surface area contributed by atoms with Crippen LogP contribution in [-0.2, 0) is 0 Å². The van der Waals surface area contributed by atoms with Crippen molar-refractivity contribution in [3.05, 3.63) is 66.8 Å². The fourth-order valence-corrected chi connectivity index (χ4v) is 2.38. The first-order valence-corrected chi connectivity index (χ1v) is 7.18. The predicted molar refractivity (Wildman–Crippen MR) is 82.8 cm³/mol. The molecule has 0 bridgehead atoms. The first-order valence-electron chi connectivity index (χ1n) is 5.59. The van der Waals surface area contributed by atoms with Crippen LogP contribution >= 0.6 is 31.9 Å². The van der Waals surface area contributed by atoms with Crippen molar-refractivity contribution in [2.75, 3.05) is 5.32 Å². The predicted octanol–water partition coefficient (Wildman–Crippen LogP) is 4.51. The van der Waals surface area contributed by atoms with Gasteiger partial charge in [-0.15, -0.1) is 0 Å². The number of hydrogen-bond donors (Lipinski definition) is 1. The van der Waals surface area contributed by atoms with Gasteiger partial charge in [-0.25, -0.2) is 4.39 Å². The third kappa shape index (κ3) is 3.45. The van der Waals surface area contributed by atoms with E-state index in [2.05, 4.69) is 37.2 Å². The number of benzene rings is 2. The fourth-order valence-electron chi connectivity index (χ4n) is 1.59. The molecular formula is C13H7Br2FN2O3. The van der Waals surface area contributed by atoms with E-state index >= 15 is 0 Å². The Bertz CT molecular complexity index is 737. The second kappa shape index (κ2) is 6.31. The number of non-ortho nitro benzene ring substituents is 1. The molecule has 8 heteroatoms. The summed E-state index contributed by atoms with van der Waals surface area (Å²) in [6.45, 7) is 0. The lowest BCUT2D eigenvalue weighted by molar-refractivity contribution is -0.384. The number of nitrogens with zero attached hydrogens (tertiary/aromatic N) is 1. The molecule has 2 rings (SSSR count). The second-order valence-corrected chi connectivity index (χ2v) is 5.62. The van der Waals surface area contributed by atoms with Gasteiger partial charge in [0, 0.05) is 16.6 Å². The van der Waals surface area contributed by atoms with Crippen molar-refractivity contribution in [3.8, 4) is 0 Å². The van der Waals surface area contributed by atoms with Crippen LogP contribution < -0.4 is 5.32 Å². The van der Waals surface area contributed by atoms with E-state index in [4.69, 9.17) is 0 Å². The standard InChI is InChI=1S/C13H7Br2FN2O3/c14-9-5-4-7(18(20)21)6-11(9)17-13(19)8-2-1-3-10(16)12(8)15/h1-6H,(H,17,19). The number of carbonyl (C=O) groups excluding carboxylic acids is 1. The first kappa shape index (κ1) is 15.6. The van der Waals surface area contributed by atoms with Crippen LogP contribution in [0.15, 0.2) is 45.3 Å². The second-order valence-electron chi connectivity index (χ2n) is 3.98. The quantitative estimate of drug-likeness (QED) is 0.589. The molecule has 5 nitrogen and oxygen atoms in total. The molecule has 0 saturated heterocycles. The number of hydrogen-bond acceptors (Lipinski definition) is 3. The molecule has 2 aromatic rings. The molecule has 21 heavy (non-hydrogen) atoms. The summed E-state index contributed by atoms with van der Waals surface area (Å²) in [6, 6.07) is 8.02. The number of halogens is 3. The van der Waals surface area contributed by atoms with E-state index in [1.54, 1.807) is 0 Å². The number of amides is 1. The Hall–Kier alpha value is -1.80. The van der Waals surface area contributed by atoms with Crippen molar-refractivity contribution in [1.82, 2.24) is 0 Å². The van der Waals surface area contributed by atoms with Crippen molar-refractivity contribution in [2.24, 2.45) is 0 Å². The monoisotopic (exact) mass is 416 g/mol. The molecule has 108 valence electrons. The van der Waals surface area contributed by atoms with Crippen LogP contribution in [0.5, 0.6) is 0 Å². The number of nitro benzene ring substituents is 1. The van der Waals surface area contributed by atoms with Gasteiger partial charge in [-0.3, -0.25) is 14.9 Å². The molecule has 0 spiro atoms. The van der Waals surface area contributed by atoms with Crippen LogP contribution in [0.2, 0.25) is 0 Å². The summed E-state index contributed by atoms with van der Waals surface area (Å²) >= 11 is 6.19. The molecule has 0 saturated carbocycles. The van der Waals surface area contributed by atoms with E-state index in [0.29, 0.717) is 4.47 Å². The number of nitro groups is 1. The maximum absolute atomic E-state index is 13.4. The smallest absolute Gasteiger partial charge is 0.271 e. The lowest BCUT2D eigenvalue weighted by Gasteiger charge is -2.09. The molecule has 0 aliphatic rings. The molecule has 0 aliphatic heterocycles. The lowest BCUT2D eigenvalue weighted by Crippen LogP contribution is -2.13. The molecule has 0 unspecified atom stereocenters.